The van der Waals surface area contributed by atoms with Gasteiger partial charge < -0.3 is 5.73 Å². The summed E-state index contributed by atoms with van der Waals surface area (Å²) < 4.78 is 0. The van der Waals surface area contributed by atoms with Gasteiger partial charge in [0.2, 0.25) is 0 Å². The first-order valence-corrected chi connectivity index (χ1v) is 3.58. The Labute approximate surface area is 66.8 Å². The minimum Gasteiger partial charge on any atom is -0.324 e. The number of hydrogen-bond donors (Lipinski definition) is 1. The van der Waals surface area contributed by atoms with Crippen molar-refractivity contribution < 1.29 is 0 Å². The van der Waals surface area contributed by atoms with E-state index in [1.807, 2.05) is 19.1 Å². The molecule has 11 heavy (non-hydrogen) atoms. The fourth-order valence-electron chi connectivity index (χ4n) is 0.986. The van der Waals surface area contributed by atoms with Gasteiger partial charge in [-0.15, -0.1) is 0 Å². The van der Waals surface area contributed by atoms with Gasteiger partial charge >= 0.3 is 0 Å². The molecular weight excluding hydrogens is 136 g/mol. The number of nitrogens with two attached hydrogens (primary N) is 1. The summed E-state index contributed by atoms with van der Waals surface area (Å²) in [5.74, 6) is 0. The van der Waals surface area contributed by atoms with Crippen LogP contribution in [0.1, 0.15) is 24.2 Å². The molecule has 1 rings (SSSR count). The Kier molecular flexibility index (Phi) is 2.39. The van der Waals surface area contributed by atoms with Crippen molar-refractivity contribution >= 4 is 6.08 Å². The summed E-state index contributed by atoms with van der Waals surface area (Å²) >= 11 is 0. The van der Waals surface area contributed by atoms with Crippen LogP contribution < -0.4 is 5.73 Å². The Hall–Kier alpha value is -1.15. The van der Waals surface area contributed by atoms with Gasteiger partial charge in [-0.2, -0.15) is 0 Å². The van der Waals surface area contributed by atoms with Crippen molar-refractivity contribution in [1.29, 1.82) is 0 Å². The normalized spacial score (nSPS) is 12.5. The lowest BCUT2D eigenvalue weighted by Gasteiger charge is -2.07. The third-order valence-corrected chi connectivity index (χ3v) is 1.56. The maximum absolute atomic E-state index is 5.70. The van der Waals surface area contributed by atoms with Crippen molar-refractivity contribution in [3.8, 4) is 0 Å². The summed E-state index contributed by atoms with van der Waals surface area (Å²) in [5.41, 5.74) is 7.62. The van der Waals surface area contributed by atoms with Crippen LogP contribution in [-0.4, -0.2) is 4.98 Å². The van der Waals surface area contributed by atoms with E-state index < -0.39 is 0 Å². The van der Waals surface area contributed by atoms with Gasteiger partial charge in [0.1, 0.15) is 0 Å². The van der Waals surface area contributed by atoms with Crippen LogP contribution in [0.5, 0.6) is 0 Å². The molecule has 2 heteroatoms. The zero-order valence-electron chi connectivity index (χ0n) is 6.62. The van der Waals surface area contributed by atoms with Gasteiger partial charge in [0.25, 0.3) is 0 Å². The molecule has 1 atom stereocenters. The number of hydrogen-bond acceptors (Lipinski definition) is 2. The van der Waals surface area contributed by atoms with Crippen LogP contribution in [0.25, 0.3) is 6.08 Å². The summed E-state index contributed by atoms with van der Waals surface area (Å²) in [6.07, 6.45) is 3.46. The fraction of sp³-hybridized carbons (Fsp3) is 0.222. The van der Waals surface area contributed by atoms with E-state index in [2.05, 4.69) is 11.6 Å². The largest absolute Gasteiger partial charge is 0.324 e. The average Bonchev–Trinajstić information content (AvgIpc) is 2.04. The molecule has 1 aromatic rings. The molecular formula is C9H12N2. The molecule has 0 unspecified atom stereocenters. The Bertz CT molecular complexity index is 253. The summed E-state index contributed by atoms with van der Waals surface area (Å²) in [4.78, 5) is 4.12. The second-order valence-corrected chi connectivity index (χ2v) is 2.47. The van der Waals surface area contributed by atoms with Crippen molar-refractivity contribution in [3.05, 3.63) is 36.2 Å². The van der Waals surface area contributed by atoms with Crippen molar-refractivity contribution in [2.45, 2.75) is 13.0 Å². The highest BCUT2D eigenvalue weighted by molar-refractivity contribution is 5.47. The summed E-state index contributed by atoms with van der Waals surface area (Å²) in [6, 6.07) is 3.87. The standard InChI is InChI=1S/C9H12N2/c1-3-9-8(7(2)10)5-4-6-11-9/h3-7H,1,10H2,2H3/t7-/m0/s1. The first-order chi connectivity index (χ1) is 5.25. The molecule has 0 amide bonds. The van der Waals surface area contributed by atoms with Crippen molar-refractivity contribution in [2.24, 2.45) is 5.73 Å². The lowest BCUT2D eigenvalue weighted by atomic mass is 10.1. The van der Waals surface area contributed by atoms with E-state index in [1.165, 1.54) is 0 Å². The third kappa shape index (κ3) is 1.65. The molecule has 2 N–H and O–H groups in total. The summed E-state index contributed by atoms with van der Waals surface area (Å²) in [6.45, 7) is 5.59. The molecule has 0 saturated heterocycles. The van der Waals surface area contributed by atoms with Crippen LogP contribution in [0.3, 0.4) is 0 Å². The van der Waals surface area contributed by atoms with Crippen molar-refractivity contribution in [3.63, 3.8) is 0 Å². The molecule has 58 valence electrons. The van der Waals surface area contributed by atoms with Crippen LogP contribution >= 0.6 is 0 Å². The molecule has 0 saturated carbocycles. The number of aromatic nitrogens is 1. The monoisotopic (exact) mass is 148 g/mol. The van der Waals surface area contributed by atoms with Crippen LogP contribution in [0, 0.1) is 0 Å². The Morgan fingerprint density at radius 3 is 2.91 bits per heavy atom. The van der Waals surface area contributed by atoms with E-state index >= 15 is 0 Å². The minimum atomic E-state index is 0.0247. The van der Waals surface area contributed by atoms with Crippen LogP contribution in [0.4, 0.5) is 0 Å². The molecule has 1 heterocycles. The van der Waals surface area contributed by atoms with Gasteiger partial charge in [-0.05, 0) is 24.6 Å². The Morgan fingerprint density at radius 1 is 1.73 bits per heavy atom. The van der Waals surface area contributed by atoms with E-state index in [4.69, 9.17) is 5.73 Å². The maximum atomic E-state index is 5.70. The molecule has 0 aliphatic heterocycles. The van der Waals surface area contributed by atoms with Gasteiger partial charge in [0.05, 0.1) is 5.69 Å². The highest BCUT2D eigenvalue weighted by Gasteiger charge is 2.02. The lowest BCUT2D eigenvalue weighted by molar-refractivity contribution is 0.808. The van der Waals surface area contributed by atoms with Crippen molar-refractivity contribution in [1.82, 2.24) is 4.98 Å². The van der Waals surface area contributed by atoms with Gasteiger partial charge in [-0.1, -0.05) is 12.6 Å². The van der Waals surface area contributed by atoms with E-state index in [-0.39, 0.29) is 6.04 Å². The second-order valence-electron chi connectivity index (χ2n) is 2.47. The van der Waals surface area contributed by atoms with Crippen molar-refractivity contribution in [2.75, 3.05) is 0 Å². The smallest absolute Gasteiger partial charge is 0.0671 e. The van der Waals surface area contributed by atoms with E-state index in [0.29, 0.717) is 0 Å². The predicted octanol–water partition coefficient (Wildman–Crippen LogP) is 1.74. The average molecular weight is 148 g/mol. The maximum Gasteiger partial charge on any atom is 0.0671 e. The molecule has 0 radical (unpaired) electrons. The molecule has 0 aromatic carbocycles. The quantitative estimate of drug-likeness (QED) is 0.693. The minimum absolute atomic E-state index is 0.0247. The number of nitrogens with zero attached hydrogens (tertiary/aromatic N) is 1. The highest BCUT2D eigenvalue weighted by Crippen LogP contribution is 2.13. The molecule has 1 aromatic heterocycles. The number of pyridine rings is 1. The first-order valence-electron chi connectivity index (χ1n) is 3.58. The summed E-state index contributed by atoms with van der Waals surface area (Å²) in [7, 11) is 0. The Morgan fingerprint density at radius 2 is 2.45 bits per heavy atom. The van der Waals surface area contributed by atoms with Crippen LogP contribution in [-0.2, 0) is 0 Å². The lowest BCUT2D eigenvalue weighted by Crippen LogP contribution is -2.07. The molecule has 0 bridgehead atoms. The molecule has 0 spiro atoms. The van der Waals surface area contributed by atoms with Gasteiger partial charge in [-0.3, -0.25) is 4.98 Å². The number of rotatable bonds is 2. The SMILES string of the molecule is C=Cc1ncccc1[C@H](C)N. The van der Waals surface area contributed by atoms with E-state index in [9.17, 15) is 0 Å². The zero-order chi connectivity index (χ0) is 8.27. The van der Waals surface area contributed by atoms with Gasteiger partial charge in [-0.25, -0.2) is 0 Å². The topological polar surface area (TPSA) is 38.9 Å². The van der Waals surface area contributed by atoms with E-state index in [1.54, 1.807) is 12.3 Å². The zero-order valence-corrected chi connectivity index (χ0v) is 6.62. The van der Waals surface area contributed by atoms with E-state index in [0.717, 1.165) is 11.3 Å². The molecule has 2 nitrogen and oxygen atoms in total. The third-order valence-electron chi connectivity index (χ3n) is 1.56. The van der Waals surface area contributed by atoms with Crippen LogP contribution in [0.15, 0.2) is 24.9 Å². The molecule has 0 aliphatic rings. The van der Waals surface area contributed by atoms with Crippen LogP contribution in [0.2, 0.25) is 0 Å². The Balaban J connectivity index is 3.12. The second kappa shape index (κ2) is 3.30. The van der Waals surface area contributed by atoms with Gasteiger partial charge in [0, 0.05) is 12.2 Å². The fourth-order valence-corrected chi connectivity index (χ4v) is 0.986. The molecule has 0 fully saturated rings. The summed E-state index contributed by atoms with van der Waals surface area (Å²) in [5, 5.41) is 0. The van der Waals surface area contributed by atoms with Gasteiger partial charge in [0.15, 0.2) is 0 Å². The highest BCUT2D eigenvalue weighted by atomic mass is 14.7. The molecule has 0 aliphatic carbocycles. The predicted molar refractivity (Wildman–Crippen MR) is 46.9 cm³/mol. The first kappa shape index (κ1) is 7.95.